The van der Waals surface area contributed by atoms with Crippen LogP contribution in [0.25, 0.3) is 0 Å². The van der Waals surface area contributed by atoms with E-state index in [1.165, 1.54) is 25.8 Å². The summed E-state index contributed by atoms with van der Waals surface area (Å²) >= 11 is 0. The van der Waals surface area contributed by atoms with Gasteiger partial charge in [-0.2, -0.15) is 0 Å². The minimum atomic E-state index is 0.741. The topological polar surface area (TPSA) is 42.1 Å². The molecule has 1 aromatic heterocycles. The first-order chi connectivity index (χ1) is 7.78. The Morgan fingerprint density at radius 2 is 2.25 bits per heavy atom. The monoisotopic (exact) mass is 219 g/mol. The minimum Gasteiger partial charge on any atom is -0.397 e. The third kappa shape index (κ3) is 2.95. The highest BCUT2D eigenvalue weighted by atomic mass is 15.1. The molecule has 0 aromatic carbocycles. The molecule has 0 bridgehead atoms. The number of nitrogen functional groups attached to an aromatic ring is 1. The standard InChI is InChI=1S/C13H21N3/c1-2-16(9-11-4-3-5-11)10-13-7-6-12(14)8-15-13/h6-8,11H,2-5,9-10,14H2,1H3. The molecule has 1 saturated carbocycles. The highest BCUT2D eigenvalue weighted by Crippen LogP contribution is 2.27. The molecular formula is C13H21N3. The number of nitrogens with zero attached hydrogens (tertiary/aromatic N) is 2. The summed E-state index contributed by atoms with van der Waals surface area (Å²) in [5.41, 5.74) is 7.49. The normalized spacial score (nSPS) is 16.4. The van der Waals surface area contributed by atoms with Crippen molar-refractivity contribution < 1.29 is 0 Å². The van der Waals surface area contributed by atoms with Crippen LogP contribution in [-0.4, -0.2) is 23.0 Å². The van der Waals surface area contributed by atoms with Gasteiger partial charge in [0.1, 0.15) is 0 Å². The summed E-state index contributed by atoms with van der Waals surface area (Å²) in [5, 5.41) is 0. The van der Waals surface area contributed by atoms with Crippen molar-refractivity contribution in [3.63, 3.8) is 0 Å². The first kappa shape index (κ1) is 11.4. The Balaban J connectivity index is 1.87. The molecule has 0 spiro atoms. The summed E-state index contributed by atoms with van der Waals surface area (Å²) in [4.78, 5) is 6.83. The largest absolute Gasteiger partial charge is 0.397 e. The average molecular weight is 219 g/mol. The van der Waals surface area contributed by atoms with Crippen LogP contribution in [0.15, 0.2) is 18.3 Å². The molecule has 2 N–H and O–H groups in total. The van der Waals surface area contributed by atoms with Gasteiger partial charge in [-0.25, -0.2) is 0 Å². The molecule has 0 radical (unpaired) electrons. The van der Waals surface area contributed by atoms with Crippen molar-refractivity contribution in [3.05, 3.63) is 24.0 Å². The number of aromatic nitrogens is 1. The molecule has 16 heavy (non-hydrogen) atoms. The van der Waals surface area contributed by atoms with Gasteiger partial charge in [0.05, 0.1) is 17.6 Å². The van der Waals surface area contributed by atoms with Gasteiger partial charge in [-0.15, -0.1) is 0 Å². The van der Waals surface area contributed by atoms with Crippen LogP contribution in [0.2, 0.25) is 0 Å². The molecule has 0 atom stereocenters. The fourth-order valence-electron chi connectivity index (χ4n) is 2.10. The van der Waals surface area contributed by atoms with Gasteiger partial charge in [-0.3, -0.25) is 9.88 Å². The van der Waals surface area contributed by atoms with Crippen LogP contribution in [0.5, 0.6) is 0 Å². The summed E-state index contributed by atoms with van der Waals surface area (Å²) in [6.45, 7) is 5.49. The summed E-state index contributed by atoms with van der Waals surface area (Å²) in [6.07, 6.45) is 5.98. The number of nitrogens with two attached hydrogens (primary N) is 1. The molecule has 1 fully saturated rings. The van der Waals surface area contributed by atoms with E-state index in [1.54, 1.807) is 6.20 Å². The van der Waals surface area contributed by atoms with Crippen molar-refractivity contribution in [2.75, 3.05) is 18.8 Å². The zero-order valence-corrected chi connectivity index (χ0v) is 10.0. The van der Waals surface area contributed by atoms with Gasteiger partial charge in [0, 0.05) is 13.1 Å². The van der Waals surface area contributed by atoms with Gasteiger partial charge in [0.2, 0.25) is 0 Å². The Morgan fingerprint density at radius 1 is 1.44 bits per heavy atom. The molecule has 3 heteroatoms. The number of hydrogen-bond acceptors (Lipinski definition) is 3. The number of pyridine rings is 1. The second-order valence-electron chi connectivity index (χ2n) is 4.71. The van der Waals surface area contributed by atoms with Crippen molar-refractivity contribution in [2.24, 2.45) is 5.92 Å². The molecule has 3 nitrogen and oxygen atoms in total. The maximum Gasteiger partial charge on any atom is 0.0545 e. The van der Waals surface area contributed by atoms with E-state index in [1.807, 2.05) is 12.1 Å². The first-order valence-electron chi connectivity index (χ1n) is 6.20. The van der Waals surface area contributed by atoms with Gasteiger partial charge < -0.3 is 5.73 Å². The second kappa shape index (κ2) is 5.30. The van der Waals surface area contributed by atoms with Crippen molar-refractivity contribution in [2.45, 2.75) is 32.7 Å². The van der Waals surface area contributed by atoms with E-state index in [0.717, 1.165) is 30.4 Å². The van der Waals surface area contributed by atoms with Gasteiger partial charge >= 0.3 is 0 Å². The van der Waals surface area contributed by atoms with Gasteiger partial charge in [0.15, 0.2) is 0 Å². The van der Waals surface area contributed by atoms with E-state index in [-0.39, 0.29) is 0 Å². The maximum atomic E-state index is 5.63. The predicted octanol–water partition coefficient (Wildman–Crippen LogP) is 2.29. The zero-order chi connectivity index (χ0) is 11.4. The Hall–Kier alpha value is -1.09. The summed E-state index contributed by atoms with van der Waals surface area (Å²) in [7, 11) is 0. The summed E-state index contributed by atoms with van der Waals surface area (Å²) in [5.74, 6) is 0.925. The smallest absolute Gasteiger partial charge is 0.0545 e. The number of hydrogen-bond donors (Lipinski definition) is 1. The molecule has 0 amide bonds. The minimum absolute atomic E-state index is 0.741. The molecular weight excluding hydrogens is 198 g/mol. The van der Waals surface area contributed by atoms with Crippen LogP contribution in [0, 0.1) is 5.92 Å². The maximum absolute atomic E-state index is 5.63. The van der Waals surface area contributed by atoms with Crippen molar-refractivity contribution in [3.8, 4) is 0 Å². The van der Waals surface area contributed by atoms with E-state index >= 15 is 0 Å². The van der Waals surface area contributed by atoms with Gasteiger partial charge in [-0.1, -0.05) is 13.3 Å². The van der Waals surface area contributed by atoms with Crippen LogP contribution in [0.1, 0.15) is 31.9 Å². The fraction of sp³-hybridized carbons (Fsp3) is 0.615. The fourth-order valence-corrected chi connectivity index (χ4v) is 2.10. The number of rotatable bonds is 5. The predicted molar refractivity (Wildman–Crippen MR) is 66.9 cm³/mol. The van der Waals surface area contributed by atoms with Gasteiger partial charge in [-0.05, 0) is 37.4 Å². The number of anilines is 1. The van der Waals surface area contributed by atoms with Crippen LogP contribution in [-0.2, 0) is 6.54 Å². The molecule has 0 saturated heterocycles. The van der Waals surface area contributed by atoms with E-state index in [9.17, 15) is 0 Å². The molecule has 0 unspecified atom stereocenters. The molecule has 1 aliphatic carbocycles. The van der Waals surface area contributed by atoms with Crippen molar-refractivity contribution in [1.82, 2.24) is 9.88 Å². The Kier molecular flexibility index (Phi) is 3.78. The van der Waals surface area contributed by atoms with Crippen LogP contribution >= 0.6 is 0 Å². The lowest BCUT2D eigenvalue weighted by Gasteiger charge is -2.31. The van der Waals surface area contributed by atoms with Crippen LogP contribution in [0.4, 0.5) is 5.69 Å². The molecule has 2 rings (SSSR count). The van der Waals surface area contributed by atoms with Crippen LogP contribution < -0.4 is 5.73 Å². The molecule has 1 aromatic rings. The third-order valence-corrected chi connectivity index (χ3v) is 3.42. The molecule has 88 valence electrons. The zero-order valence-electron chi connectivity index (χ0n) is 10.0. The highest BCUT2D eigenvalue weighted by Gasteiger charge is 2.20. The average Bonchev–Trinajstić information content (AvgIpc) is 2.24. The van der Waals surface area contributed by atoms with E-state index in [4.69, 9.17) is 5.73 Å². The van der Waals surface area contributed by atoms with E-state index < -0.39 is 0 Å². The second-order valence-corrected chi connectivity index (χ2v) is 4.71. The lowest BCUT2D eigenvalue weighted by atomic mass is 9.85. The van der Waals surface area contributed by atoms with Crippen molar-refractivity contribution >= 4 is 5.69 Å². The lowest BCUT2D eigenvalue weighted by Crippen LogP contribution is -2.32. The van der Waals surface area contributed by atoms with Crippen LogP contribution in [0.3, 0.4) is 0 Å². The lowest BCUT2D eigenvalue weighted by molar-refractivity contribution is 0.177. The quantitative estimate of drug-likeness (QED) is 0.826. The Morgan fingerprint density at radius 3 is 2.75 bits per heavy atom. The molecule has 1 aliphatic rings. The Bertz CT molecular complexity index is 316. The summed E-state index contributed by atoms with van der Waals surface area (Å²) < 4.78 is 0. The first-order valence-corrected chi connectivity index (χ1v) is 6.20. The summed E-state index contributed by atoms with van der Waals surface area (Å²) in [6, 6.07) is 3.96. The third-order valence-electron chi connectivity index (χ3n) is 3.42. The molecule has 1 heterocycles. The van der Waals surface area contributed by atoms with E-state index in [0.29, 0.717) is 0 Å². The Labute approximate surface area is 97.7 Å². The highest BCUT2D eigenvalue weighted by molar-refractivity contribution is 5.34. The SMILES string of the molecule is CCN(Cc1ccc(N)cn1)CC1CCC1. The molecule has 0 aliphatic heterocycles. The van der Waals surface area contributed by atoms with Crippen molar-refractivity contribution in [1.29, 1.82) is 0 Å². The van der Waals surface area contributed by atoms with E-state index in [2.05, 4.69) is 16.8 Å². The van der Waals surface area contributed by atoms with Gasteiger partial charge in [0.25, 0.3) is 0 Å².